The van der Waals surface area contributed by atoms with Crippen molar-refractivity contribution in [2.75, 3.05) is 25.0 Å². The summed E-state index contributed by atoms with van der Waals surface area (Å²) in [4.78, 5) is 17.8. The van der Waals surface area contributed by atoms with Gasteiger partial charge in [0.15, 0.2) is 5.13 Å². The molecule has 116 valence electrons. The summed E-state index contributed by atoms with van der Waals surface area (Å²) in [5.74, 6) is 5.02. The largest absolute Gasteiger partial charge is 0.349 e. The Morgan fingerprint density at radius 3 is 3.00 bits per heavy atom. The summed E-state index contributed by atoms with van der Waals surface area (Å²) in [7, 11) is 1.93. The van der Waals surface area contributed by atoms with Crippen LogP contribution in [-0.2, 0) is 4.79 Å². The average molecular weight is 356 g/mol. The zero-order valence-corrected chi connectivity index (χ0v) is 14.3. The van der Waals surface area contributed by atoms with E-state index < -0.39 is 0 Å². The first kappa shape index (κ1) is 18.3. The zero-order chi connectivity index (χ0) is 15.1. The van der Waals surface area contributed by atoms with Gasteiger partial charge in [0.2, 0.25) is 0 Å². The first-order chi connectivity index (χ1) is 10.1. The van der Waals surface area contributed by atoms with Crippen LogP contribution in [0.5, 0.6) is 0 Å². The highest BCUT2D eigenvalue weighted by Gasteiger charge is 2.03. The number of nitrogens with one attached hydrogen (secondary N) is 1. The molecule has 22 heavy (non-hydrogen) atoms. The third-order valence-electron chi connectivity index (χ3n) is 2.62. The number of likely N-dealkylation sites (N-methyl/N-ethyl adjacent to an activating group) is 1. The summed E-state index contributed by atoms with van der Waals surface area (Å²) in [6.07, 6.45) is 1.76. The molecule has 1 N–H and O–H groups in total. The molecule has 0 aliphatic carbocycles. The molecule has 4 nitrogen and oxygen atoms in total. The minimum absolute atomic E-state index is 0. The van der Waals surface area contributed by atoms with Gasteiger partial charge in [-0.3, -0.25) is 4.79 Å². The lowest BCUT2D eigenvalue weighted by Gasteiger charge is -2.14. The van der Waals surface area contributed by atoms with Gasteiger partial charge in [-0.2, -0.15) is 0 Å². The first-order valence-corrected chi connectivity index (χ1v) is 7.57. The van der Waals surface area contributed by atoms with E-state index in [0.717, 1.165) is 10.7 Å². The van der Waals surface area contributed by atoms with Crippen molar-refractivity contribution >= 4 is 46.4 Å². The molecule has 0 bridgehead atoms. The molecule has 1 heterocycles. The van der Waals surface area contributed by atoms with Crippen LogP contribution in [-0.4, -0.2) is 31.0 Å². The van der Waals surface area contributed by atoms with Gasteiger partial charge in [0, 0.05) is 48.2 Å². The molecule has 0 atom stereocenters. The van der Waals surface area contributed by atoms with Crippen LogP contribution in [0.2, 0.25) is 5.02 Å². The average Bonchev–Trinajstić information content (AvgIpc) is 2.99. The molecule has 1 aromatic carbocycles. The Balaban J connectivity index is 0.00000242. The molecule has 2 aromatic rings. The Morgan fingerprint density at radius 1 is 1.50 bits per heavy atom. The smallest absolute Gasteiger partial charge is 0.296 e. The van der Waals surface area contributed by atoms with Gasteiger partial charge in [0.1, 0.15) is 0 Å². The maximum atomic E-state index is 11.6. The minimum Gasteiger partial charge on any atom is -0.349 e. The highest BCUT2D eigenvalue weighted by Crippen LogP contribution is 2.14. The molecule has 0 radical (unpaired) electrons. The van der Waals surface area contributed by atoms with Crippen molar-refractivity contribution in [1.82, 2.24) is 10.3 Å². The summed E-state index contributed by atoms with van der Waals surface area (Å²) in [5.41, 5.74) is 0.720. The zero-order valence-electron chi connectivity index (χ0n) is 11.9. The van der Waals surface area contributed by atoms with E-state index in [-0.39, 0.29) is 18.3 Å². The topological polar surface area (TPSA) is 45.2 Å². The molecule has 0 spiro atoms. The quantitative estimate of drug-likeness (QED) is 0.857. The van der Waals surface area contributed by atoms with E-state index in [1.54, 1.807) is 35.7 Å². The summed E-state index contributed by atoms with van der Waals surface area (Å²) in [6, 6.07) is 7.09. The van der Waals surface area contributed by atoms with Gasteiger partial charge in [-0.05, 0) is 18.2 Å². The van der Waals surface area contributed by atoms with E-state index in [2.05, 4.69) is 22.1 Å². The third kappa shape index (κ3) is 5.94. The molecule has 2 rings (SSSR count). The lowest BCUT2D eigenvalue weighted by Crippen LogP contribution is -2.32. The fourth-order valence-electron chi connectivity index (χ4n) is 1.58. The predicted octanol–water partition coefficient (Wildman–Crippen LogP) is 2.82. The van der Waals surface area contributed by atoms with Crippen molar-refractivity contribution in [3.63, 3.8) is 0 Å². The minimum atomic E-state index is -0.303. The SMILES string of the molecule is CN(CCNC(=O)C#Cc1cccc(Cl)c1)c1nccs1.Cl. The van der Waals surface area contributed by atoms with Crippen LogP contribution in [0.25, 0.3) is 0 Å². The van der Waals surface area contributed by atoms with Crippen LogP contribution in [0.4, 0.5) is 5.13 Å². The molecule has 0 unspecified atom stereocenters. The van der Waals surface area contributed by atoms with Crippen LogP contribution in [0.1, 0.15) is 5.56 Å². The Hall–Kier alpha value is -1.74. The first-order valence-electron chi connectivity index (χ1n) is 6.31. The van der Waals surface area contributed by atoms with Gasteiger partial charge in [0.25, 0.3) is 5.91 Å². The van der Waals surface area contributed by atoms with Crippen molar-refractivity contribution in [2.24, 2.45) is 0 Å². The number of nitrogens with zero attached hydrogens (tertiary/aromatic N) is 2. The number of halogens is 2. The predicted molar refractivity (Wildman–Crippen MR) is 94.0 cm³/mol. The van der Waals surface area contributed by atoms with E-state index in [1.165, 1.54) is 0 Å². The summed E-state index contributed by atoms with van der Waals surface area (Å²) < 4.78 is 0. The van der Waals surface area contributed by atoms with Gasteiger partial charge in [-0.25, -0.2) is 4.98 Å². The number of hydrogen-bond donors (Lipinski definition) is 1. The monoisotopic (exact) mass is 355 g/mol. The fourth-order valence-corrected chi connectivity index (χ4v) is 2.40. The van der Waals surface area contributed by atoms with Crippen molar-refractivity contribution in [3.05, 3.63) is 46.4 Å². The van der Waals surface area contributed by atoms with Crippen LogP contribution < -0.4 is 10.2 Å². The molecular formula is C15H15Cl2N3OS. The number of carbonyl (C=O) groups is 1. The standard InChI is InChI=1S/C15H14ClN3OS.ClH/c1-19(15-18-8-10-21-15)9-7-17-14(20)6-5-12-3-2-4-13(16)11-12;/h2-4,8,10-11H,7,9H2,1H3,(H,17,20);1H. The maximum absolute atomic E-state index is 11.6. The fraction of sp³-hybridized carbons (Fsp3) is 0.200. The molecule has 1 amide bonds. The number of benzene rings is 1. The lowest BCUT2D eigenvalue weighted by molar-refractivity contribution is -0.115. The molecule has 0 aliphatic rings. The molecule has 0 aliphatic heterocycles. The molecule has 0 saturated heterocycles. The van der Waals surface area contributed by atoms with Crippen molar-refractivity contribution in [3.8, 4) is 11.8 Å². The van der Waals surface area contributed by atoms with Crippen molar-refractivity contribution in [1.29, 1.82) is 0 Å². The third-order valence-corrected chi connectivity index (χ3v) is 3.74. The van der Waals surface area contributed by atoms with Crippen molar-refractivity contribution < 1.29 is 4.79 Å². The lowest BCUT2D eigenvalue weighted by atomic mass is 10.2. The van der Waals surface area contributed by atoms with Crippen LogP contribution >= 0.6 is 35.3 Å². The van der Waals surface area contributed by atoms with Gasteiger partial charge in [0.05, 0.1) is 0 Å². The van der Waals surface area contributed by atoms with E-state index in [1.807, 2.05) is 23.4 Å². The number of anilines is 1. The van der Waals surface area contributed by atoms with Gasteiger partial charge in [-0.1, -0.05) is 23.6 Å². The van der Waals surface area contributed by atoms with E-state index >= 15 is 0 Å². The Labute approximate surface area is 144 Å². The van der Waals surface area contributed by atoms with E-state index in [0.29, 0.717) is 18.1 Å². The van der Waals surface area contributed by atoms with Crippen LogP contribution in [0.3, 0.4) is 0 Å². The summed E-state index contributed by atoms with van der Waals surface area (Å²) in [5, 5.41) is 6.20. The number of thiazole rings is 1. The second kappa shape index (κ2) is 9.31. The van der Waals surface area contributed by atoms with Gasteiger partial charge in [-0.15, -0.1) is 23.7 Å². The number of rotatable bonds is 4. The highest BCUT2D eigenvalue weighted by molar-refractivity contribution is 7.13. The maximum Gasteiger partial charge on any atom is 0.296 e. The number of hydrogen-bond acceptors (Lipinski definition) is 4. The van der Waals surface area contributed by atoms with Gasteiger partial charge >= 0.3 is 0 Å². The van der Waals surface area contributed by atoms with E-state index in [9.17, 15) is 4.79 Å². The van der Waals surface area contributed by atoms with E-state index in [4.69, 9.17) is 11.6 Å². The number of carbonyl (C=O) groups excluding carboxylic acids is 1. The summed E-state index contributed by atoms with van der Waals surface area (Å²) >= 11 is 7.41. The molecule has 0 fully saturated rings. The van der Waals surface area contributed by atoms with Crippen LogP contribution in [0, 0.1) is 11.8 Å². The van der Waals surface area contributed by atoms with Crippen molar-refractivity contribution in [2.45, 2.75) is 0 Å². The second-order valence-electron chi connectivity index (χ2n) is 4.25. The molecular weight excluding hydrogens is 341 g/mol. The second-order valence-corrected chi connectivity index (χ2v) is 5.56. The normalized spacial score (nSPS) is 9.18. The molecule has 7 heteroatoms. The summed E-state index contributed by atoms with van der Waals surface area (Å²) in [6.45, 7) is 1.19. The molecule has 0 saturated carbocycles. The Bertz CT molecular complexity index is 665. The van der Waals surface area contributed by atoms with Gasteiger partial charge < -0.3 is 10.2 Å². The number of aromatic nitrogens is 1. The Kier molecular flexibility index (Phi) is 7.75. The highest BCUT2D eigenvalue weighted by atomic mass is 35.5. The van der Waals surface area contributed by atoms with Crippen LogP contribution in [0.15, 0.2) is 35.8 Å². The Morgan fingerprint density at radius 2 is 2.32 bits per heavy atom. The number of amides is 1. The molecule has 1 aromatic heterocycles.